The van der Waals surface area contributed by atoms with Gasteiger partial charge in [-0.05, 0) is 24.6 Å². The third-order valence-corrected chi connectivity index (χ3v) is 3.85. The third kappa shape index (κ3) is 2.70. The van der Waals surface area contributed by atoms with Crippen molar-refractivity contribution in [2.24, 2.45) is 0 Å². The van der Waals surface area contributed by atoms with Crippen LogP contribution in [0.15, 0.2) is 36.7 Å². The number of piperazine rings is 1. The molecule has 1 aromatic carbocycles. The molecular formula is C15H17ClN4. The van der Waals surface area contributed by atoms with E-state index in [-0.39, 0.29) is 0 Å². The maximum absolute atomic E-state index is 6.10. The zero-order valence-electron chi connectivity index (χ0n) is 11.5. The van der Waals surface area contributed by atoms with Gasteiger partial charge in [0.15, 0.2) is 11.0 Å². The van der Waals surface area contributed by atoms with E-state index in [0.717, 1.165) is 32.0 Å². The second kappa shape index (κ2) is 5.67. The quantitative estimate of drug-likeness (QED) is 0.851. The Morgan fingerprint density at radius 2 is 1.70 bits per heavy atom. The van der Waals surface area contributed by atoms with Crippen molar-refractivity contribution >= 4 is 23.1 Å². The number of hydrogen-bond acceptors (Lipinski definition) is 4. The molecule has 3 rings (SSSR count). The van der Waals surface area contributed by atoms with Gasteiger partial charge in [-0.15, -0.1) is 0 Å². The van der Waals surface area contributed by atoms with Crippen LogP contribution in [0.1, 0.15) is 5.56 Å². The van der Waals surface area contributed by atoms with Crippen LogP contribution in [0.4, 0.5) is 11.5 Å². The predicted octanol–water partition coefficient (Wildman–Crippen LogP) is 2.77. The molecule has 0 atom stereocenters. The van der Waals surface area contributed by atoms with E-state index in [1.54, 1.807) is 12.4 Å². The molecule has 20 heavy (non-hydrogen) atoms. The van der Waals surface area contributed by atoms with Gasteiger partial charge in [-0.3, -0.25) is 0 Å². The normalized spacial score (nSPS) is 15.5. The van der Waals surface area contributed by atoms with Crippen molar-refractivity contribution in [1.82, 2.24) is 9.97 Å². The lowest BCUT2D eigenvalue weighted by Crippen LogP contribution is -2.47. The number of aryl methyl sites for hydroxylation is 1. The van der Waals surface area contributed by atoms with Gasteiger partial charge in [-0.1, -0.05) is 23.7 Å². The van der Waals surface area contributed by atoms with Gasteiger partial charge in [-0.2, -0.15) is 0 Å². The molecule has 2 heterocycles. The van der Waals surface area contributed by atoms with E-state index in [9.17, 15) is 0 Å². The molecular weight excluding hydrogens is 272 g/mol. The number of aromatic nitrogens is 2. The van der Waals surface area contributed by atoms with Gasteiger partial charge in [0.1, 0.15) is 0 Å². The van der Waals surface area contributed by atoms with Crippen molar-refractivity contribution in [2.45, 2.75) is 6.92 Å². The number of halogens is 1. The Morgan fingerprint density at radius 1 is 1.00 bits per heavy atom. The van der Waals surface area contributed by atoms with E-state index in [0.29, 0.717) is 5.15 Å². The summed E-state index contributed by atoms with van der Waals surface area (Å²) < 4.78 is 0. The van der Waals surface area contributed by atoms with Crippen LogP contribution in [0, 0.1) is 6.92 Å². The molecule has 0 saturated carbocycles. The van der Waals surface area contributed by atoms with Crippen molar-refractivity contribution in [2.75, 3.05) is 36.0 Å². The second-order valence-electron chi connectivity index (χ2n) is 4.98. The topological polar surface area (TPSA) is 32.3 Å². The van der Waals surface area contributed by atoms with Gasteiger partial charge in [0, 0.05) is 44.3 Å². The van der Waals surface area contributed by atoms with Crippen LogP contribution < -0.4 is 9.80 Å². The highest BCUT2D eigenvalue weighted by molar-refractivity contribution is 6.31. The molecule has 0 aliphatic carbocycles. The summed E-state index contributed by atoms with van der Waals surface area (Å²) in [4.78, 5) is 13.0. The Morgan fingerprint density at radius 3 is 2.40 bits per heavy atom. The molecule has 1 aliphatic heterocycles. The number of hydrogen-bond donors (Lipinski definition) is 0. The first-order valence-electron chi connectivity index (χ1n) is 6.77. The molecule has 0 bridgehead atoms. The predicted molar refractivity (Wildman–Crippen MR) is 82.6 cm³/mol. The maximum Gasteiger partial charge on any atom is 0.171 e. The van der Waals surface area contributed by atoms with E-state index < -0.39 is 0 Å². The Hall–Kier alpha value is -1.81. The Bertz CT molecular complexity index is 594. The number of nitrogens with zero attached hydrogens (tertiary/aromatic N) is 4. The van der Waals surface area contributed by atoms with Crippen LogP contribution in [0.2, 0.25) is 5.15 Å². The van der Waals surface area contributed by atoms with Crippen LogP contribution in [0.3, 0.4) is 0 Å². The Kier molecular flexibility index (Phi) is 3.74. The summed E-state index contributed by atoms with van der Waals surface area (Å²) in [5.41, 5.74) is 2.58. The second-order valence-corrected chi connectivity index (χ2v) is 5.34. The van der Waals surface area contributed by atoms with Crippen molar-refractivity contribution < 1.29 is 0 Å². The van der Waals surface area contributed by atoms with Crippen molar-refractivity contribution in [3.8, 4) is 0 Å². The highest BCUT2D eigenvalue weighted by Crippen LogP contribution is 2.23. The van der Waals surface area contributed by atoms with Gasteiger partial charge >= 0.3 is 0 Å². The first-order valence-corrected chi connectivity index (χ1v) is 7.15. The van der Waals surface area contributed by atoms with Crippen LogP contribution in [-0.4, -0.2) is 36.1 Å². The summed E-state index contributed by atoms with van der Waals surface area (Å²) in [5, 5.41) is 0.483. The number of benzene rings is 1. The molecule has 0 spiro atoms. The lowest BCUT2D eigenvalue weighted by molar-refractivity contribution is 0.646. The summed E-state index contributed by atoms with van der Waals surface area (Å²) in [7, 11) is 0. The van der Waals surface area contributed by atoms with Gasteiger partial charge in [0.05, 0.1) is 0 Å². The van der Waals surface area contributed by atoms with Crippen molar-refractivity contribution in [3.63, 3.8) is 0 Å². The third-order valence-electron chi connectivity index (χ3n) is 3.58. The van der Waals surface area contributed by atoms with Gasteiger partial charge in [0.2, 0.25) is 0 Å². The molecule has 0 amide bonds. The van der Waals surface area contributed by atoms with E-state index in [1.165, 1.54) is 11.3 Å². The van der Waals surface area contributed by atoms with E-state index in [1.807, 2.05) is 0 Å². The minimum Gasteiger partial charge on any atom is -0.368 e. The number of anilines is 2. The maximum atomic E-state index is 6.10. The van der Waals surface area contributed by atoms with Crippen molar-refractivity contribution in [3.05, 3.63) is 47.4 Å². The van der Waals surface area contributed by atoms with Crippen LogP contribution in [-0.2, 0) is 0 Å². The lowest BCUT2D eigenvalue weighted by Gasteiger charge is -2.36. The average Bonchev–Trinajstić information content (AvgIpc) is 2.48. The summed E-state index contributed by atoms with van der Waals surface area (Å²) in [5.74, 6) is 0.790. The summed E-state index contributed by atoms with van der Waals surface area (Å²) >= 11 is 6.10. The zero-order chi connectivity index (χ0) is 13.9. The molecule has 1 fully saturated rings. The zero-order valence-corrected chi connectivity index (χ0v) is 12.2. The fourth-order valence-corrected chi connectivity index (χ4v) is 2.75. The highest BCUT2D eigenvalue weighted by atomic mass is 35.5. The molecule has 0 N–H and O–H groups in total. The Labute approximate surface area is 124 Å². The van der Waals surface area contributed by atoms with Gasteiger partial charge in [-0.25, -0.2) is 9.97 Å². The van der Waals surface area contributed by atoms with E-state index >= 15 is 0 Å². The smallest absolute Gasteiger partial charge is 0.171 e. The monoisotopic (exact) mass is 288 g/mol. The Balaban J connectivity index is 1.70. The molecule has 1 aliphatic rings. The SMILES string of the molecule is Cc1cccc(N2CCN(c3nccnc3Cl)CC2)c1. The molecule has 1 aromatic heterocycles. The minimum absolute atomic E-state index is 0.483. The van der Waals surface area contributed by atoms with Crippen molar-refractivity contribution in [1.29, 1.82) is 0 Å². The molecule has 104 valence electrons. The fraction of sp³-hybridized carbons (Fsp3) is 0.333. The van der Waals surface area contributed by atoms with E-state index in [2.05, 4.69) is 51.0 Å². The lowest BCUT2D eigenvalue weighted by atomic mass is 10.2. The highest BCUT2D eigenvalue weighted by Gasteiger charge is 2.20. The average molecular weight is 289 g/mol. The van der Waals surface area contributed by atoms with Crippen LogP contribution in [0.5, 0.6) is 0 Å². The van der Waals surface area contributed by atoms with Crippen LogP contribution >= 0.6 is 11.6 Å². The van der Waals surface area contributed by atoms with Crippen LogP contribution in [0.25, 0.3) is 0 Å². The van der Waals surface area contributed by atoms with E-state index in [4.69, 9.17) is 11.6 Å². The molecule has 0 unspecified atom stereocenters. The summed E-state index contributed by atoms with van der Waals surface area (Å²) in [6.07, 6.45) is 3.31. The number of rotatable bonds is 2. The summed E-state index contributed by atoms with van der Waals surface area (Å²) in [6, 6.07) is 8.62. The molecule has 4 nitrogen and oxygen atoms in total. The standard InChI is InChI=1S/C15H17ClN4/c1-12-3-2-4-13(11-12)19-7-9-20(10-8-19)15-14(16)17-5-6-18-15/h2-6,11H,7-10H2,1H3. The molecule has 1 saturated heterocycles. The molecule has 2 aromatic rings. The fourth-order valence-electron chi connectivity index (χ4n) is 2.53. The first-order chi connectivity index (χ1) is 9.74. The van der Waals surface area contributed by atoms with Gasteiger partial charge < -0.3 is 9.80 Å². The molecule has 0 radical (unpaired) electrons. The molecule has 5 heteroatoms. The summed E-state index contributed by atoms with van der Waals surface area (Å²) in [6.45, 7) is 5.88. The minimum atomic E-state index is 0.483. The van der Waals surface area contributed by atoms with Gasteiger partial charge in [0.25, 0.3) is 0 Å². The first kappa shape index (κ1) is 13.2. The largest absolute Gasteiger partial charge is 0.368 e.